The first kappa shape index (κ1) is 29.3. The number of rotatable bonds is 9. The number of nitrogens with zero attached hydrogens (tertiary/aromatic N) is 5. The summed E-state index contributed by atoms with van der Waals surface area (Å²) in [6.07, 6.45) is 6.17. The second kappa shape index (κ2) is 12.0. The Balaban J connectivity index is 1.32. The van der Waals surface area contributed by atoms with Gasteiger partial charge in [0.2, 0.25) is 5.89 Å². The summed E-state index contributed by atoms with van der Waals surface area (Å²) in [6, 6.07) is 3.11. The quantitative estimate of drug-likeness (QED) is 0.294. The molecule has 0 spiro atoms. The molecule has 0 bridgehead atoms. The fraction of sp³-hybridized carbons (Fsp3) is 0.517. The van der Waals surface area contributed by atoms with Crippen molar-refractivity contribution >= 4 is 29.8 Å². The molecule has 0 aliphatic heterocycles. The highest BCUT2D eigenvalue weighted by Crippen LogP contribution is 2.35. The first-order valence-corrected chi connectivity index (χ1v) is 14.1. The number of amides is 2. The van der Waals surface area contributed by atoms with E-state index in [-0.39, 0.29) is 29.2 Å². The average molecular weight is 585 g/mol. The highest BCUT2D eigenvalue weighted by atomic mass is 19.3. The fourth-order valence-corrected chi connectivity index (χ4v) is 4.89. The van der Waals surface area contributed by atoms with Crippen molar-refractivity contribution in [3.8, 4) is 11.5 Å². The SMILES string of the molecule is CC(C)(C)OC(=O)N(CC1CC1)c1cc(-c2nc(C(=O)Nc3cn(C4CCC(C=O)CC4)nc3C(F)F)co2)ccn1. The van der Waals surface area contributed by atoms with Crippen molar-refractivity contribution in [2.75, 3.05) is 16.8 Å². The minimum atomic E-state index is -2.90. The number of pyridine rings is 1. The predicted octanol–water partition coefficient (Wildman–Crippen LogP) is 6.20. The van der Waals surface area contributed by atoms with E-state index in [0.717, 1.165) is 25.4 Å². The maximum atomic E-state index is 13.8. The van der Waals surface area contributed by atoms with Crippen LogP contribution in [-0.2, 0) is 9.53 Å². The average Bonchev–Trinajstić information content (AvgIpc) is 3.45. The standard InChI is InChI=1S/C29H34F2N6O5/c1-29(2,3)42-28(40)36(13-17-4-5-17)23-12-19(10-11-32-23)27-34-22(16-41-27)26(39)33-21-14-37(35-24(21)25(30)31)20-8-6-18(15-38)7-9-20/h10-12,14-18,20,25H,4-9,13H2,1-3H3,(H,33,39). The molecular weight excluding hydrogens is 550 g/mol. The van der Waals surface area contributed by atoms with Crippen LogP contribution in [0.5, 0.6) is 0 Å². The second-order valence-corrected chi connectivity index (χ2v) is 11.8. The van der Waals surface area contributed by atoms with Gasteiger partial charge in [0.05, 0.1) is 11.7 Å². The number of nitrogens with one attached hydrogen (secondary N) is 1. The van der Waals surface area contributed by atoms with Gasteiger partial charge in [-0.2, -0.15) is 5.10 Å². The van der Waals surface area contributed by atoms with Crippen LogP contribution in [0.4, 0.5) is 25.1 Å². The van der Waals surface area contributed by atoms with Crippen LogP contribution in [0.2, 0.25) is 0 Å². The van der Waals surface area contributed by atoms with Gasteiger partial charge in [-0.1, -0.05) is 0 Å². The Morgan fingerprint density at radius 1 is 1.21 bits per heavy atom. The molecule has 0 radical (unpaired) electrons. The molecule has 2 amide bonds. The van der Waals surface area contributed by atoms with E-state index >= 15 is 0 Å². The summed E-state index contributed by atoms with van der Waals surface area (Å²) in [5, 5.41) is 6.53. The lowest BCUT2D eigenvalue weighted by Crippen LogP contribution is -2.38. The number of hydrogen-bond donors (Lipinski definition) is 1. The minimum absolute atomic E-state index is 0.0260. The number of oxazole rings is 1. The predicted molar refractivity (Wildman–Crippen MR) is 148 cm³/mol. The molecular formula is C29H34F2N6O5. The highest BCUT2D eigenvalue weighted by Gasteiger charge is 2.32. The van der Waals surface area contributed by atoms with Crippen LogP contribution >= 0.6 is 0 Å². The number of carbonyl (C=O) groups excluding carboxylic acids is 3. The van der Waals surface area contributed by atoms with Crippen molar-refractivity contribution in [2.24, 2.45) is 11.8 Å². The summed E-state index contributed by atoms with van der Waals surface area (Å²) in [5.74, 6) is 0.0513. The van der Waals surface area contributed by atoms with E-state index in [0.29, 0.717) is 49.5 Å². The molecule has 13 heteroatoms. The summed E-state index contributed by atoms with van der Waals surface area (Å²) in [5.41, 5.74) is -0.990. The Bertz CT molecular complexity index is 1440. The lowest BCUT2D eigenvalue weighted by atomic mass is 9.87. The molecule has 42 heavy (non-hydrogen) atoms. The molecule has 3 aromatic rings. The van der Waals surface area contributed by atoms with E-state index < -0.39 is 29.7 Å². The first-order chi connectivity index (χ1) is 20.0. The van der Waals surface area contributed by atoms with Gasteiger partial charge < -0.3 is 19.3 Å². The van der Waals surface area contributed by atoms with Gasteiger partial charge in [-0.3, -0.25) is 14.4 Å². The molecule has 0 saturated heterocycles. The van der Waals surface area contributed by atoms with Gasteiger partial charge in [0.15, 0.2) is 11.4 Å². The van der Waals surface area contributed by atoms with Crippen LogP contribution in [0.1, 0.15) is 87.9 Å². The number of hydrogen-bond acceptors (Lipinski definition) is 8. The van der Waals surface area contributed by atoms with E-state index in [2.05, 4.69) is 20.4 Å². The van der Waals surface area contributed by atoms with Gasteiger partial charge in [0.25, 0.3) is 12.3 Å². The molecule has 5 rings (SSSR count). The van der Waals surface area contributed by atoms with Crippen molar-refractivity contribution in [1.82, 2.24) is 19.7 Å². The van der Waals surface area contributed by atoms with Crippen LogP contribution in [0.3, 0.4) is 0 Å². The molecule has 2 aliphatic rings. The van der Waals surface area contributed by atoms with Crippen molar-refractivity contribution in [3.63, 3.8) is 0 Å². The van der Waals surface area contributed by atoms with Crippen molar-refractivity contribution in [2.45, 2.75) is 77.4 Å². The molecule has 1 N–H and O–H groups in total. The van der Waals surface area contributed by atoms with Crippen LogP contribution in [0.25, 0.3) is 11.5 Å². The summed E-state index contributed by atoms with van der Waals surface area (Å²) < 4.78 is 40.1. The van der Waals surface area contributed by atoms with Gasteiger partial charge >= 0.3 is 6.09 Å². The fourth-order valence-electron chi connectivity index (χ4n) is 4.89. The van der Waals surface area contributed by atoms with Gasteiger partial charge in [-0.25, -0.2) is 23.5 Å². The van der Waals surface area contributed by atoms with Gasteiger partial charge in [0, 0.05) is 30.4 Å². The lowest BCUT2D eigenvalue weighted by Gasteiger charge is -2.27. The normalized spacial score (nSPS) is 19.0. The smallest absolute Gasteiger partial charge is 0.416 e. The lowest BCUT2D eigenvalue weighted by molar-refractivity contribution is -0.112. The number of alkyl halides is 2. The van der Waals surface area contributed by atoms with Gasteiger partial charge in [-0.15, -0.1) is 0 Å². The Kier molecular flexibility index (Phi) is 8.37. The third-order valence-electron chi connectivity index (χ3n) is 7.28. The Labute approximate surface area is 241 Å². The molecule has 224 valence electrons. The van der Waals surface area contributed by atoms with E-state index in [1.807, 2.05) is 0 Å². The Morgan fingerprint density at radius 2 is 1.95 bits per heavy atom. The van der Waals surface area contributed by atoms with E-state index in [1.54, 1.807) is 32.9 Å². The van der Waals surface area contributed by atoms with E-state index in [9.17, 15) is 23.2 Å². The van der Waals surface area contributed by atoms with Gasteiger partial charge in [0.1, 0.15) is 24.0 Å². The van der Waals surface area contributed by atoms with Crippen LogP contribution < -0.4 is 10.2 Å². The van der Waals surface area contributed by atoms with Crippen LogP contribution in [0, 0.1) is 11.8 Å². The van der Waals surface area contributed by atoms with Gasteiger partial charge in [-0.05, 0) is 77.3 Å². The first-order valence-electron chi connectivity index (χ1n) is 14.1. The monoisotopic (exact) mass is 584 g/mol. The molecule has 2 saturated carbocycles. The molecule has 2 fully saturated rings. The zero-order valence-electron chi connectivity index (χ0n) is 23.8. The van der Waals surface area contributed by atoms with Crippen LogP contribution in [0.15, 0.2) is 35.2 Å². The number of aromatic nitrogens is 4. The number of aldehydes is 1. The molecule has 3 aromatic heterocycles. The zero-order valence-corrected chi connectivity index (χ0v) is 23.8. The number of carbonyl (C=O) groups is 3. The van der Waals surface area contributed by atoms with E-state index in [4.69, 9.17) is 9.15 Å². The molecule has 0 aromatic carbocycles. The summed E-state index contributed by atoms with van der Waals surface area (Å²) in [7, 11) is 0. The molecule has 0 atom stereocenters. The molecule has 2 aliphatic carbocycles. The molecule has 3 heterocycles. The van der Waals surface area contributed by atoms with Crippen molar-refractivity contribution in [1.29, 1.82) is 0 Å². The highest BCUT2D eigenvalue weighted by molar-refractivity contribution is 6.03. The topological polar surface area (TPSA) is 132 Å². The third kappa shape index (κ3) is 7.00. The number of anilines is 2. The minimum Gasteiger partial charge on any atom is -0.444 e. The number of ether oxygens (including phenoxy) is 1. The van der Waals surface area contributed by atoms with Crippen molar-refractivity contribution < 1.29 is 32.3 Å². The summed E-state index contributed by atoms with van der Waals surface area (Å²) >= 11 is 0. The third-order valence-corrected chi connectivity index (χ3v) is 7.28. The second-order valence-electron chi connectivity index (χ2n) is 11.8. The largest absolute Gasteiger partial charge is 0.444 e. The number of halogens is 2. The summed E-state index contributed by atoms with van der Waals surface area (Å²) in [4.78, 5) is 47.1. The Hall–Kier alpha value is -4.16. The molecule has 0 unspecified atom stereocenters. The molecule has 11 nitrogen and oxygen atoms in total. The maximum absolute atomic E-state index is 13.8. The maximum Gasteiger partial charge on any atom is 0.416 e. The van der Waals surface area contributed by atoms with Crippen molar-refractivity contribution in [3.05, 3.63) is 42.2 Å². The van der Waals surface area contributed by atoms with Crippen LogP contribution in [-0.4, -0.2) is 50.2 Å². The Morgan fingerprint density at radius 3 is 2.60 bits per heavy atom. The summed E-state index contributed by atoms with van der Waals surface area (Å²) in [6.45, 7) is 5.83. The van der Waals surface area contributed by atoms with E-state index in [1.165, 1.54) is 22.0 Å². The zero-order chi connectivity index (χ0) is 30.0.